The number of ether oxygens (including phenoxy) is 11. The van der Waals surface area contributed by atoms with Crippen LogP contribution in [0.5, 0.6) is 34.5 Å². The lowest BCUT2D eigenvalue weighted by Gasteiger charge is -2.29. The van der Waals surface area contributed by atoms with E-state index in [9.17, 15) is 23.4 Å². The monoisotopic (exact) mass is 1710 g/mol. The second-order valence-electron chi connectivity index (χ2n) is 21.9. The van der Waals surface area contributed by atoms with Gasteiger partial charge in [-0.25, -0.2) is 4.79 Å². The first-order chi connectivity index (χ1) is 50.7. The van der Waals surface area contributed by atoms with Crippen molar-refractivity contribution in [3.8, 4) is 85.7 Å². The van der Waals surface area contributed by atoms with Gasteiger partial charge in [-0.1, -0.05) is 23.5 Å². The lowest BCUT2D eigenvalue weighted by molar-refractivity contribution is -0.192. The Morgan fingerprint density at radius 2 is 0.819 bits per heavy atom. The Labute approximate surface area is 641 Å². The third kappa shape index (κ3) is 22.4. The second kappa shape index (κ2) is 41.4. The Hall–Kier alpha value is -7.76. The van der Waals surface area contributed by atoms with E-state index < -0.39 is 12.1 Å². The summed E-state index contributed by atoms with van der Waals surface area (Å²) in [5, 5.41) is 61.2. The van der Waals surface area contributed by atoms with Gasteiger partial charge in [0.15, 0.2) is 59.7 Å². The van der Waals surface area contributed by atoms with Crippen LogP contribution in [0.25, 0.3) is 51.2 Å². The Morgan fingerprint density at radius 3 is 1.16 bits per heavy atom. The fourth-order valence-corrected chi connectivity index (χ4v) is 12.8. The van der Waals surface area contributed by atoms with Crippen molar-refractivity contribution in [2.75, 3.05) is 168 Å². The Morgan fingerprint density at radius 1 is 0.505 bits per heavy atom. The minimum atomic E-state index is -5.08. The molecule has 0 spiro atoms. The van der Waals surface area contributed by atoms with E-state index in [1.165, 1.54) is 35.3 Å². The van der Waals surface area contributed by atoms with Gasteiger partial charge in [0.2, 0.25) is 0 Å². The number of benzene rings is 6. The molecule has 28 nitrogen and oxygen atoms in total. The first kappa shape index (κ1) is 82.9. The number of thioether (sulfide) groups is 2. The number of phenolic OH excluding ortho intramolecular Hbond substituents is 2. The molecule has 3 fully saturated rings. The molecule has 105 heavy (non-hydrogen) atoms. The molecule has 0 atom stereocenters. The predicted octanol–water partition coefficient (Wildman–Crippen LogP) is 12.7. The summed E-state index contributed by atoms with van der Waals surface area (Å²) in [6.45, 7) is 12.0. The van der Waals surface area contributed by atoms with Gasteiger partial charge in [-0.15, -0.1) is 20.4 Å². The Kier molecular flexibility index (Phi) is 32.7. The largest absolute Gasteiger partial charge is 0.507 e. The van der Waals surface area contributed by atoms with Crippen molar-refractivity contribution < 1.29 is 90.5 Å². The van der Waals surface area contributed by atoms with E-state index in [2.05, 4.69) is 142 Å². The minimum Gasteiger partial charge on any atom is -0.507 e. The number of phenols is 2. The van der Waals surface area contributed by atoms with Crippen molar-refractivity contribution in [2.45, 2.75) is 23.4 Å². The molecule has 12 rings (SSSR count). The molecule has 0 bridgehead atoms. The molecule has 0 unspecified atom stereocenters. The molecular formula is C68H78Br3F3N12O16S3. The number of carboxylic acid groups (broad SMARTS) is 1. The van der Waals surface area contributed by atoms with Crippen LogP contribution < -0.4 is 33.6 Å². The quantitative estimate of drug-likeness (QED) is 0.0226. The Balaban J connectivity index is 0.000000187. The number of aromatic hydroxyl groups is 2. The molecule has 6 aromatic carbocycles. The van der Waals surface area contributed by atoms with Crippen molar-refractivity contribution in [3.63, 3.8) is 0 Å². The fourth-order valence-electron chi connectivity index (χ4n) is 10.3. The molecule has 566 valence electrons. The number of morpholine rings is 3. The van der Waals surface area contributed by atoms with Crippen molar-refractivity contribution in [1.29, 1.82) is 0 Å². The Bertz CT molecular complexity index is 4280. The number of nitrogens with zero attached hydrogens (tertiary/aromatic N) is 11. The van der Waals surface area contributed by atoms with Gasteiger partial charge in [0.25, 0.3) is 0 Å². The number of hydrogen-bond donors (Lipinski definition) is 5. The lowest BCUT2D eigenvalue weighted by atomic mass is 10.1. The summed E-state index contributed by atoms with van der Waals surface area (Å²) in [5.74, 6) is 1.14. The number of halogens is 6. The number of aliphatic hydroxyl groups excluding tert-OH is 1. The van der Waals surface area contributed by atoms with E-state index in [-0.39, 0.29) is 45.3 Å². The maximum absolute atomic E-state index is 10.6. The average Bonchev–Trinajstić information content (AvgIpc) is 1.55. The molecule has 0 radical (unpaired) electrons. The number of hydrogen-bond acceptors (Lipinski definition) is 26. The highest BCUT2D eigenvalue weighted by Gasteiger charge is 2.38. The molecular weight excluding hydrogens is 1630 g/mol. The van der Waals surface area contributed by atoms with Crippen LogP contribution in [-0.2, 0) is 38.0 Å². The zero-order valence-electron chi connectivity index (χ0n) is 58.0. The number of rotatable bonds is 23. The van der Waals surface area contributed by atoms with E-state index >= 15 is 0 Å². The van der Waals surface area contributed by atoms with Crippen LogP contribution in [0.1, 0.15) is 6.92 Å². The van der Waals surface area contributed by atoms with Crippen LogP contribution in [0.3, 0.4) is 0 Å². The summed E-state index contributed by atoms with van der Waals surface area (Å²) in [6.07, 6.45) is -1.18. The van der Waals surface area contributed by atoms with Crippen LogP contribution in [0.15, 0.2) is 133 Å². The average molecular weight is 1710 g/mol. The number of methoxy groups -OCH3 is 4. The standard InChI is InChI=1S/C23H27BrN4O5S.C22H25BrN4O5S.C19H19BrN4O3S.C2HF3O2.C2H6O/c1-29-14-32-20-13-21(33-15-30-2)19(24)12-18(20)22-25-26-23(34-3)28(22)17-6-4-16(5-7-17)27-8-10-31-11-9-27;1-28-13-31-19-12-20(32-14-29-2)18(23)11-17(19)21-24-25-22(33)27(21)16-5-3-15(4-6-16)26-7-9-30-10-8-26;1-28-19-22-21-18(14-10-15(20)17(26)11-16(14)25)24(19)13-4-2-12(3-5-13)23-6-8-27-9-7-23;3-2(4,5)1(6)7;1-2-3/h4-7,12-13H,8-11,14-15H2,1-3H3;3-6,11-12H,7-10,13-14H2,1-2H3,(H,25,33);2-5,10-11,25-26H,6-9H2,1H3;(H,6,7);3H,2H2,1H3. The van der Waals surface area contributed by atoms with Crippen LogP contribution in [-0.4, -0.2) is 231 Å². The predicted molar refractivity (Wildman–Crippen MR) is 403 cm³/mol. The third-order valence-corrected chi connectivity index (χ3v) is 18.6. The summed E-state index contributed by atoms with van der Waals surface area (Å²) >= 11 is 19.0. The SMILES string of the molecule is CCO.COCOc1cc(OCOC)c(-c2n[nH]c(=S)n2-c2ccc(N3CCOCC3)cc2)cc1Br.COCOc1cc(OCOC)c(-c2nnc(SC)n2-c2ccc(N3CCOCC3)cc2)cc1Br.CSc1nnc(-c2cc(Br)c(O)cc2O)n1-c1ccc(N2CCOCC2)cc1.O=C(O)C(F)(F)F. The highest BCUT2D eigenvalue weighted by atomic mass is 79.9. The topological polar surface area (TPSA) is 304 Å². The number of nitrogens with one attached hydrogen (secondary N) is 1. The normalized spacial score (nSPS) is 13.6. The fraction of sp³-hybridized carbons (Fsp3) is 0.368. The highest BCUT2D eigenvalue weighted by Crippen LogP contribution is 2.43. The first-order valence-electron chi connectivity index (χ1n) is 32.0. The number of anilines is 3. The van der Waals surface area contributed by atoms with Crippen LogP contribution in [0.4, 0.5) is 30.2 Å². The van der Waals surface area contributed by atoms with Gasteiger partial charge in [0.05, 0.1) is 75.4 Å². The number of alkyl halides is 3. The van der Waals surface area contributed by atoms with Gasteiger partial charge in [-0.2, -0.15) is 18.3 Å². The minimum absolute atomic E-state index is 0.0349. The van der Waals surface area contributed by atoms with E-state index in [4.69, 9.17) is 79.3 Å². The number of aliphatic hydroxyl groups is 1. The van der Waals surface area contributed by atoms with Gasteiger partial charge in [0, 0.05) is 121 Å². The molecule has 6 heterocycles. The number of carbonyl (C=O) groups is 1. The van der Waals surface area contributed by atoms with Crippen molar-refractivity contribution >= 4 is 107 Å². The summed E-state index contributed by atoms with van der Waals surface area (Å²) in [6, 6.07) is 35.1. The molecule has 3 aliphatic heterocycles. The second-order valence-corrected chi connectivity index (χ2v) is 26.4. The van der Waals surface area contributed by atoms with Crippen LogP contribution in [0.2, 0.25) is 0 Å². The third-order valence-electron chi connectivity index (χ3n) is 15.2. The van der Waals surface area contributed by atoms with E-state index in [0.717, 1.165) is 127 Å². The molecule has 5 N–H and O–H groups in total. The van der Waals surface area contributed by atoms with Crippen molar-refractivity contribution in [2.24, 2.45) is 0 Å². The number of H-pyrrole nitrogens is 1. The zero-order valence-corrected chi connectivity index (χ0v) is 65.2. The van der Waals surface area contributed by atoms with Gasteiger partial charge in [-0.05, 0) is 170 Å². The molecule has 0 amide bonds. The molecule has 37 heteroatoms. The van der Waals surface area contributed by atoms with Gasteiger partial charge >= 0.3 is 12.1 Å². The molecule has 3 aromatic heterocycles. The van der Waals surface area contributed by atoms with Crippen molar-refractivity contribution in [3.05, 3.63) is 127 Å². The first-order valence-corrected chi connectivity index (χ1v) is 37.2. The molecule has 3 aliphatic rings. The summed E-state index contributed by atoms with van der Waals surface area (Å²) in [4.78, 5) is 15.8. The molecule has 0 aliphatic carbocycles. The van der Waals surface area contributed by atoms with E-state index in [0.29, 0.717) is 66.0 Å². The number of aromatic nitrogens is 9. The summed E-state index contributed by atoms with van der Waals surface area (Å²) < 4.78 is 99.6. The number of aliphatic carboxylic acids is 1. The van der Waals surface area contributed by atoms with E-state index in [1.54, 1.807) is 53.6 Å². The molecule has 3 saturated heterocycles. The number of carboxylic acids is 1. The molecule has 9 aromatic rings. The van der Waals surface area contributed by atoms with Crippen molar-refractivity contribution in [1.82, 2.24) is 44.3 Å². The maximum Gasteiger partial charge on any atom is 0.490 e. The van der Waals surface area contributed by atoms with E-state index in [1.807, 2.05) is 62.6 Å². The maximum atomic E-state index is 10.6. The lowest BCUT2D eigenvalue weighted by Crippen LogP contribution is -2.36. The highest BCUT2D eigenvalue weighted by molar-refractivity contribution is 9.11. The summed E-state index contributed by atoms with van der Waals surface area (Å²) in [5.41, 5.74) is 8.13. The summed E-state index contributed by atoms with van der Waals surface area (Å²) in [7, 11) is 6.27. The zero-order chi connectivity index (χ0) is 75.6. The molecule has 0 saturated carbocycles. The van der Waals surface area contributed by atoms with Crippen LogP contribution in [0, 0.1) is 4.77 Å². The number of aromatic amines is 1. The van der Waals surface area contributed by atoms with Gasteiger partial charge < -0.3 is 87.2 Å². The van der Waals surface area contributed by atoms with Crippen LogP contribution >= 0.6 is 83.5 Å². The van der Waals surface area contributed by atoms with Gasteiger partial charge in [0.1, 0.15) is 34.5 Å². The smallest absolute Gasteiger partial charge is 0.490 e. The van der Waals surface area contributed by atoms with Gasteiger partial charge in [-0.3, -0.25) is 18.8 Å².